The summed E-state index contributed by atoms with van der Waals surface area (Å²) in [5.41, 5.74) is 2.52. The Balaban J connectivity index is 2.16. The van der Waals surface area contributed by atoms with Crippen molar-refractivity contribution in [3.63, 3.8) is 0 Å². The molecule has 3 nitrogen and oxygen atoms in total. The molecule has 3 aromatic rings. The maximum absolute atomic E-state index is 4.46. The first kappa shape index (κ1) is 14.8. The average Bonchev–Trinajstić information content (AvgIpc) is 3.09. The van der Waals surface area contributed by atoms with Gasteiger partial charge in [0.15, 0.2) is 0 Å². The Bertz CT molecular complexity index is 747. The average molecular weight is 364 g/mol. The fourth-order valence-corrected chi connectivity index (χ4v) is 4.20. The quantitative estimate of drug-likeness (QED) is 0.718. The molecule has 1 aromatic carbocycles. The van der Waals surface area contributed by atoms with Crippen LogP contribution in [0.4, 0.5) is 0 Å². The molecule has 0 aliphatic heterocycles. The summed E-state index contributed by atoms with van der Waals surface area (Å²) in [4.78, 5) is 0. The van der Waals surface area contributed by atoms with Crippen LogP contribution < -0.4 is 5.32 Å². The number of halogens is 1. The van der Waals surface area contributed by atoms with Crippen LogP contribution >= 0.6 is 27.3 Å². The summed E-state index contributed by atoms with van der Waals surface area (Å²) in [7, 11) is 0. The molecule has 0 saturated carbocycles. The molecule has 1 atom stereocenters. The molecule has 0 spiro atoms. The highest BCUT2D eigenvalue weighted by atomic mass is 79.9. The van der Waals surface area contributed by atoms with Crippen LogP contribution in [0.1, 0.15) is 31.1 Å². The summed E-state index contributed by atoms with van der Waals surface area (Å²) < 4.78 is 4.45. The highest BCUT2D eigenvalue weighted by Crippen LogP contribution is 2.36. The normalized spacial score (nSPS) is 12.9. The van der Waals surface area contributed by atoms with E-state index in [0.717, 1.165) is 17.6 Å². The van der Waals surface area contributed by atoms with E-state index in [4.69, 9.17) is 0 Å². The zero-order valence-electron chi connectivity index (χ0n) is 12.1. The Morgan fingerprint density at radius 1 is 1.33 bits per heavy atom. The number of fused-ring (bicyclic) bond motifs is 1. The zero-order chi connectivity index (χ0) is 14.8. The molecule has 0 fully saturated rings. The van der Waals surface area contributed by atoms with E-state index in [1.807, 2.05) is 6.20 Å². The fraction of sp³-hybridized carbons (Fsp3) is 0.312. The molecule has 2 aromatic heterocycles. The predicted molar refractivity (Wildman–Crippen MR) is 92.9 cm³/mol. The lowest BCUT2D eigenvalue weighted by molar-refractivity contribution is 0.543. The van der Waals surface area contributed by atoms with Gasteiger partial charge >= 0.3 is 0 Å². The van der Waals surface area contributed by atoms with Gasteiger partial charge in [0.05, 0.1) is 22.4 Å². The van der Waals surface area contributed by atoms with Gasteiger partial charge in [-0.15, -0.1) is 11.3 Å². The summed E-state index contributed by atoms with van der Waals surface area (Å²) in [5, 5.41) is 11.7. The van der Waals surface area contributed by atoms with E-state index < -0.39 is 0 Å². The number of benzene rings is 1. The summed E-state index contributed by atoms with van der Waals surface area (Å²) in [6.45, 7) is 6.04. The molecule has 2 heterocycles. The minimum Gasteiger partial charge on any atom is -0.305 e. The van der Waals surface area contributed by atoms with Gasteiger partial charge in [0.1, 0.15) is 0 Å². The lowest BCUT2D eigenvalue weighted by Crippen LogP contribution is -2.25. The van der Waals surface area contributed by atoms with Crippen molar-refractivity contribution in [1.29, 1.82) is 0 Å². The van der Waals surface area contributed by atoms with Gasteiger partial charge < -0.3 is 5.32 Å². The summed E-state index contributed by atoms with van der Waals surface area (Å²) >= 11 is 5.46. The molecule has 1 N–H and O–H groups in total. The van der Waals surface area contributed by atoms with Crippen molar-refractivity contribution >= 4 is 37.4 Å². The number of hydrogen-bond donors (Lipinski definition) is 1. The summed E-state index contributed by atoms with van der Waals surface area (Å²) in [5.74, 6) is 0. The Kier molecular flexibility index (Phi) is 4.42. The van der Waals surface area contributed by atoms with Crippen LogP contribution in [0.3, 0.4) is 0 Å². The van der Waals surface area contributed by atoms with E-state index in [1.165, 1.54) is 21.3 Å². The van der Waals surface area contributed by atoms with Crippen molar-refractivity contribution in [1.82, 2.24) is 15.1 Å². The van der Waals surface area contributed by atoms with Gasteiger partial charge in [0, 0.05) is 11.2 Å². The standard InChI is InChI=1S/C16H18BrN3S/c1-3-18-15(16-13(17)9-19-20(16)4-2)12-10-21-14-8-6-5-7-11(12)14/h5-10,15,18H,3-4H2,1-2H3. The van der Waals surface area contributed by atoms with Gasteiger partial charge in [0.25, 0.3) is 0 Å². The number of aryl methyl sites for hydroxylation is 1. The van der Waals surface area contributed by atoms with Gasteiger partial charge in [0.2, 0.25) is 0 Å². The molecule has 0 saturated heterocycles. The van der Waals surface area contributed by atoms with Crippen molar-refractivity contribution in [2.45, 2.75) is 26.4 Å². The third-order valence-corrected chi connectivity index (χ3v) is 5.23. The Morgan fingerprint density at radius 2 is 2.14 bits per heavy atom. The molecular formula is C16H18BrN3S. The molecule has 0 aliphatic rings. The molecule has 3 rings (SSSR count). The number of nitrogens with one attached hydrogen (secondary N) is 1. The first-order valence-electron chi connectivity index (χ1n) is 7.17. The third kappa shape index (κ3) is 2.65. The lowest BCUT2D eigenvalue weighted by atomic mass is 10.0. The molecule has 5 heteroatoms. The minimum atomic E-state index is 0.156. The van der Waals surface area contributed by atoms with E-state index in [0.29, 0.717) is 0 Å². The van der Waals surface area contributed by atoms with Crippen molar-refractivity contribution in [2.75, 3.05) is 6.54 Å². The predicted octanol–water partition coefficient (Wildman–Crippen LogP) is 4.58. The second-order valence-corrected chi connectivity index (χ2v) is 6.64. The van der Waals surface area contributed by atoms with Crippen LogP contribution in [0.25, 0.3) is 10.1 Å². The second-order valence-electron chi connectivity index (χ2n) is 4.87. The van der Waals surface area contributed by atoms with Crippen molar-refractivity contribution in [3.05, 3.63) is 51.6 Å². The zero-order valence-corrected chi connectivity index (χ0v) is 14.5. The third-order valence-electron chi connectivity index (χ3n) is 3.64. The number of thiophene rings is 1. The first-order chi connectivity index (χ1) is 10.3. The Labute approximate surface area is 137 Å². The lowest BCUT2D eigenvalue weighted by Gasteiger charge is -2.19. The molecule has 0 bridgehead atoms. The second kappa shape index (κ2) is 6.30. The smallest absolute Gasteiger partial charge is 0.0773 e. The first-order valence-corrected chi connectivity index (χ1v) is 8.84. The van der Waals surface area contributed by atoms with Gasteiger partial charge in [-0.05, 0) is 51.8 Å². The van der Waals surface area contributed by atoms with Crippen LogP contribution in [0.2, 0.25) is 0 Å². The number of nitrogens with zero attached hydrogens (tertiary/aromatic N) is 2. The number of aromatic nitrogens is 2. The van der Waals surface area contributed by atoms with E-state index >= 15 is 0 Å². The molecule has 1 unspecified atom stereocenters. The summed E-state index contributed by atoms with van der Waals surface area (Å²) in [6, 6.07) is 8.73. The van der Waals surface area contributed by atoms with Crippen molar-refractivity contribution < 1.29 is 0 Å². The van der Waals surface area contributed by atoms with Crippen LogP contribution in [-0.2, 0) is 6.54 Å². The van der Waals surface area contributed by atoms with Gasteiger partial charge in [-0.25, -0.2) is 0 Å². The SMILES string of the molecule is CCNC(c1csc2ccccc12)c1c(Br)cnn1CC. The Hall–Kier alpha value is -1.17. The topological polar surface area (TPSA) is 29.9 Å². The van der Waals surface area contributed by atoms with Crippen LogP contribution in [0.15, 0.2) is 40.3 Å². The molecule has 0 aliphatic carbocycles. The highest BCUT2D eigenvalue weighted by molar-refractivity contribution is 9.10. The molecular weight excluding hydrogens is 346 g/mol. The van der Waals surface area contributed by atoms with Crippen LogP contribution in [0.5, 0.6) is 0 Å². The molecule has 0 amide bonds. The van der Waals surface area contributed by atoms with E-state index in [2.05, 4.69) is 74.5 Å². The van der Waals surface area contributed by atoms with E-state index in [9.17, 15) is 0 Å². The number of rotatable bonds is 5. The monoisotopic (exact) mass is 363 g/mol. The van der Waals surface area contributed by atoms with Crippen molar-refractivity contribution in [2.24, 2.45) is 0 Å². The largest absolute Gasteiger partial charge is 0.305 e. The van der Waals surface area contributed by atoms with Crippen LogP contribution in [-0.4, -0.2) is 16.3 Å². The van der Waals surface area contributed by atoms with Gasteiger partial charge in [-0.1, -0.05) is 25.1 Å². The number of hydrogen-bond acceptors (Lipinski definition) is 3. The van der Waals surface area contributed by atoms with Gasteiger partial charge in [-0.3, -0.25) is 4.68 Å². The molecule has 110 valence electrons. The Morgan fingerprint density at radius 3 is 2.90 bits per heavy atom. The fourth-order valence-electron chi connectivity index (χ4n) is 2.69. The van der Waals surface area contributed by atoms with E-state index in [-0.39, 0.29) is 6.04 Å². The minimum absolute atomic E-state index is 0.156. The molecule has 21 heavy (non-hydrogen) atoms. The highest BCUT2D eigenvalue weighted by Gasteiger charge is 2.23. The van der Waals surface area contributed by atoms with Crippen molar-refractivity contribution in [3.8, 4) is 0 Å². The van der Waals surface area contributed by atoms with Gasteiger partial charge in [-0.2, -0.15) is 5.10 Å². The van der Waals surface area contributed by atoms with E-state index in [1.54, 1.807) is 11.3 Å². The summed E-state index contributed by atoms with van der Waals surface area (Å²) in [6.07, 6.45) is 1.89. The van der Waals surface area contributed by atoms with Crippen LogP contribution in [0, 0.1) is 0 Å². The maximum atomic E-state index is 4.46. The molecule has 0 radical (unpaired) electrons. The maximum Gasteiger partial charge on any atom is 0.0773 e.